The number of nitrogens with zero attached hydrogens (tertiary/aromatic N) is 3. The van der Waals surface area contributed by atoms with E-state index in [0.29, 0.717) is 28.4 Å². The van der Waals surface area contributed by atoms with Gasteiger partial charge in [0.2, 0.25) is 0 Å². The van der Waals surface area contributed by atoms with Crippen LogP contribution >= 0.6 is 11.3 Å². The lowest BCUT2D eigenvalue weighted by Crippen LogP contribution is -2.19. The molecule has 0 aliphatic rings. The molecule has 3 aromatic rings. The van der Waals surface area contributed by atoms with E-state index in [1.165, 1.54) is 23.5 Å². The van der Waals surface area contributed by atoms with E-state index in [1.807, 2.05) is 22.8 Å². The molecule has 0 atom stereocenters. The number of rotatable bonds is 7. The third-order valence-corrected chi connectivity index (χ3v) is 5.15. The van der Waals surface area contributed by atoms with Crippen molar-refractivity contribution in [1.29, 1.82) is 0 Å². The van der Waals surface area contributed by atoms with Crippen molar-refractivity contribution in [1.82, 2.24) is 4.57 Å². The molecule has 1 aromatic heterocycles. The van der Waals surface area contributed by atoms with E-state index in [1.54, 1.807) is 26.4 Å². The van der Waals surface area contributed by atoms with Gasteiger partial charge in [0.05, 0.1) is 35.3 Å². The maximum atomic E-state index is 12.5. The Morgan fingerprint density at radius 1 is 1.25 bits per heavy atom. The number of benzene rings is 2. The van der Waals surface area contributed by atoms with Crippen molar-refractivity contribution < 1.29 is 19.2 Å². The van der Waals surface area contributed by atoms with Crippen molar-refractivity contribution in [3.05, 3.63) is 62.9 Å². The average molecular weight is 401 g/mol. The standard InChI is InChI=1S/C19H19N3O5S/c1-26-9-8-21-16-7-6-14(22(24)25)12-17(16)28-19(21)20-18(23)11-13-4-3-5-15(10-13)27-2/h3-7,10,12H,8-9,11H2,1-2H3. The number of hydrogen-bond acceptors (Lipinski definition) is 6. The largest absolute Gasteiger partial charge is 0.497 e. The Hall–Kier alpha value is -3.04. The Balaban J connectivity index is 1.98. The highest BCUT2D eigenvalue weighted by molar-refractivity contribution is 7.16. The van der Waals surface area contributed by atoms with Gasteiger partial charge >= 0.3 is 0 Å². The number of thiazole rings is 1. The molecule has 0 N–H and O–H groups in total. The lowest BCUT2D eigenvalue weighted by Gasteiger charge is -2.04. The predicted molar refractivity (Wildman–Crippen MR) is 106 cm³/mol. The van der Waals surface area contributed by atoms with Crippen LogP contribution < -0.4 is 9.54 Å². The van der Waals surface area contributed by atoms with Gasteiger partial charge in [-0.25, -0.2) is 0 Å². The Kier molecular flexibility index (Phi) is 6.17. The predicted octanol–water partition coefficient (Wildman–Crippen LogP) is 2.94. The lowest BCUT2D eigenvalue weighted by atomic mass is 10.1. The van der Waals surface area contributed by atoms with Crippen LogP contribution in [0.3, 0.4) is 0 Å². The molecule has 0 radical (unpaired) electrons. The van der Waals surface area contributed by atoms with Gasteiger partial charge in [0.25, 0.3) is 11.6 Å². The molecule has 28 heavy (non-hydrogen) atoms. The molecule has 0 spiro atoms. The Morgan fingerprint density at radius 2 is 2.07 bits per heavy atom. The van der Waals surface area contributed by atoms with Crippen molar-refractivity contribution >= 4 is 33.1 Å². The number of hydrogen-bond donors (Lipinski definition) is 0. The highest BCUT2D eigenvalue weighted by Crippen LogP contribution is 2.23. The summed E-state index contributed by atoms with van der Waals surface area (Å²) < 4.78 is 12.9. The van der Waals surface area contributed by atoms with Gasteiger partial charge in [-0.2, -0.15) is 4.99 Å². The van der Waals surface area contributed by atoms with Crippen LogP contribution in [0.2, 0.25) is 0 Å². The Bertz CT molecular complexity index is 1090. The summed E-state index contributed by atoms with van der Waals surface area (Å²) in [4.78, 5) is 27.8. The molecule has 0 saturated carbocycles. The number of ether oxygens (including phenoxy) is 2. The van der Waals surface area contributed by atoms with E-state index >= 15 is 0 Å². The topological polar surface area (TPSA) is 96.0 Å². The molecule has 0 bridgehead atoms. The summed E-state index contributed by atoms with van der Waals surface area (Å²) in [6.07, 6.45) is 0.135. The quantitative estimate of drug-likeness (QED) is 0.448. The van der Waals surface area contributed by atoms with Gasteiger partial charge < -0.3 is 14.0 Å². The molecule has 3 rings (SSSR count). The number of methoxy groups -OCH3 is 2. The molecule has 2 aromatic carbocycles. The van der Waals surface area contributed by atoms with Crippen molar-refractivity contribution in [2.24, 2.45) is 4.99 Å². The molecule has 1 amide bonds. The summed E-state index contributed by atoms with van der Waals surface area (Å²) in [5.41, 5.74) is 1.58. The first-order valence-electron chi connectivity index (χ1n) is 8.49. The fourth-order valence-corrected chi connectivity index (χ4v) is 3.87. The van der Waals surface area contributed by atoms with E-state index in [-0.39, 0.29) is 18.0 Å². The van der Waals surface area contributed by atoms with E-state index in [0.717, 1.165) is 11.1 Å². The molecule has 0 saturated heterocycles. The van der Waals surface area contributed by atoms with Gasteiger partial charge in [-0.05, 0) is 23.8 Å². The Labute approximate surface area is 164 Å². The molecule has 0 aliphatic carbocycles. The summed E-state index contributed by atoms with van der Waals surface area (Å²) in [6.45, 7) is 0.916. The van der Waals surface area contributed by atoms with Crippen molar-refractivity contribution in [3.63, 3.8) is 0 Å². The average Bonchev–Trinajstić information content (AvgIpc) is 3.02. The minimum Gasteiger partial charge on any atom is -0.497 e. The highest BCUT2D eigenvalue weighted by Gasteiger charge is 2.13. The van der Waals surface area contributed by atoms with Crippen molar-refractivity contribution in [2.45, 2.75) is 13.0 Å². The van der Waals surface area contributed by atoms with Crippen LogP contribution in [0.4, 0.5) is 5.69 Å². The normalized spacial score (nSPS) is 11.7. The number of nitro benzene ring substituents is 1. The van der Waals surface area contributed by atoms with Crippen molar-refractivity contribution in [3.8, 4) is 5.75 Å². The molecule has 9 heteroatoms. The maximum Gasteiger partial charge on any atom is 0.270 e. The number of aromatic nitrogens is 1. The molecule has 146 valence electrons. The summed E-state index contributed by atoms with van der Waals surface area (Å²) in [5.74, 6) is 0.370. The summed E-state index contributed by atoms with van der Waals surface area (Å²) in [6, 6.07) is 11.9. The molecule has 0 aliphatic heterocycles. The zero-order valence-electron chi connectivity index (χ0n) is 15.5. The highest BCUT2D eigenvalue weighted by atomic mass is 32.1. The van der Waals surface area contributed by atoms with E-state index < -0.39 is 4.92 Å². The monoisotopic (exact) mass is 401 g/mol. The summed E-state index contributed by atoms with van der Waals surface area (Å²) >= 11 is 1.24. The second-order valence-corrected chi connectivity index (χ2v) is 6.98. The summed E-state index contributed by atoms with van der Waals surface area (Å²) in [7, 11) is 3.16. The van der Waals surface area contributed by atoms with Gasteiger partial charge in [0.1, 0.15) is 5.75 Å². The lowest BCUT2D eigenvalue weighted by molar-refractivity contribution is -0.384. The van der Waals surface area contributed by atoms with E-state index in [2.05, 4.69) is 4.99 Å². The van der Waals surface area contributed by atoms with Gasteiger partial charge in [-0.15, -0.1) is 0 Å². The second-order valence-electron chi connectivity index (χ2n) is 5.97. The molecular weight excluding hydrogens is 382 g/mol. The first kappa shape index (κ1) is 19.7. The fraction of sp³-hybridized carbons (Fsp3) is 0.263. The zero-order chi connectivity index (χ0) is 20.1. The summed E-state index contributed by atoms with van der Waals surface area (Å²) in [5, 5.41) is 11.0. The van der Waals surface area contributed by atoms with Crippen LogP contribution in [-0.4, -0.2) is 36.2 Å². The molecule has 0 unspecified atom stereocenters. The van der Waals surface area contributed by atoms with Gasteiger partial charge in [-0.1, -0.05) is 23.5 Å². The minimum absolute atomic E-state index is 0.00176. The van der Waals surface area contributed by atoms with Crippen LogP contribution in [0.15, 0.2) is 47.5 Å². The van der Waals surface area contributed by atoms with Gasteiger partial charge in [0.15, 0.2) is 4.80 Å². The number of carbonyl (C=O) groups is 1. The molecule has 8 nitrogen and oxygen atoms in total. The van der Waals surface area contributed by atoms with Gasteiger partial charge in [0, 0.05) is 25.8 Å². The number of fused-ring (bicyclic) bond motifs is 1. The van der Waals surface area contributed by atoms with Crippen LogP contribution in [0.1, 0.15) is 5.56 Å². The van der Waals surface area contributed by atoms with Crippen LogP contribution in [0.25, 0.3) is 10.2 Å². The van der Waals surface area contributed by atoms with Crippen LogP contribution in [-0.2, 0) is 22.5 Å². The third-order valence-electron chi connectivity index (χ3n) is 4.11. The minimum atomic E-state index is -0.441. The smallest absolute Gasteiger partial charge is 0.270 e. The maximum absolute atomic E-state index is 12.5. The van der Waals surface area contributed by atoms with E-state index in [9.17, 15) is 14.9 Å². The number of non-ortho nitro benzene ring substituents is 1. The van der Waals surface area contributed by atoms with Gasteiger partial charge in [-0.3, -0.25) is 14.9 Å². The number of carbonyl (C=O) groups excluding carboxylic acids is 1. The third kappa shape index (κ3) is 4.44. The molecule has 0 fully saturated rings. The first-order chi connectivity index (χ1) is 13.5. The van der Waals surface area contributed by atoms with Crippen LogP contribution in [0, 0.1) is 10.1 Å². The Morgan fingerprint density at radius 3 is 2.79 bits per heavy atom. The SMILES string of the molecule is COCCn1c(=NC(=O)Cc2cccc(OC)c2)sc2cc([N+](=O)[O-])ccc21. The first-order valence-corrected chi connectivity index (χ1v) is 9.30. The second kappa shape index (κ2) is 8.77. The fourth-order valence-electron chi connectivity index (χ4n) is 2.76. The van der Waals surface area contributed by atoms with E-state index in [4.69, 9.17) is 9.47 Å². The van der Waals surface area contributed by atoms with Crippen molar-refractivity contribution in [2.75, 3.05) is 20.8 Å². The van der Waals surface area contributed by atoms with Crippen LogP contribution in [0.5, 0.6) is 5.75 Å². The number of nitro groups is 1. The molecule has 1 heterocycles. The molecular formula is C19H19N3O5S. The zero-order valence-corrected chi connectivity index (χ0v) is 16.3. The number of amides is 1.